The summed E-state index contributed by atoms with van der Waals surface area (Å²) in [6.07, 6.45) is 2.12. The number of nitrogens with one attached hydrogen (secondary N) is 1. The van der Waals surface area contributed by atoms with E-state index in [0.29, 0.717) is 35.7 Å². The Morgan fingerprint density at radius 2 is 1.93 bits per heavy atom. The van der Waals surface area contributed by atoms with Gasteiger partial charge in [-0.05, 0) is 30.7 Å². The van der Waals surface area contributed by atoms with Gasteiger partial charge in [0.1, 0.15) is 11.3 Å². The van der Waals surface area contributed by atoms with E-state index in [-0.39, 0.29) is 18.3 Å². The molecular weight excluding hydrogens is 368 g/mol. The molecule has 0 unspecified atom stereocenters. The molecule has 0 aliphatic rings. The van der Waals surface area contributed by atoms with Crippen molar-refractivity contribution in [3.63, 3.8) is 0 Å². The number of carbonyl (C=O) groups excluding carboxylic acids is 1. The van der Waals surface area contributed by atoms with Crippen LogP contribution in [0.5, 0.6) is 0 Å². The second-order valence-corrected chi connectivity index (χ2v) is 6.55. The Morgan fingerprint density at radius 1 is 1.14 bits per heavy atom. The lowest BCUT2D eigenvalue weighted by Crippen LogP contribution is -2.24. The number of aromatic nitrogens is 2. The van der Waals surface area contributed by atoms with E-state index in [2.05, 4.69) is 15.3 Å². The average Bonchev–Trinajstić information content (AvgIpc) is 3.18. The first-order chi connectivity index (χ1) is 14.2. The van der Waals surface area contributed by atoms with Gasteiger partial charge in [0.05, 0.1) is 11.9 Å². The number of aliphatic hydroxyl groups excluding tert-OH is 1. The third kappa shape index (κ3) is 3.95. The average molecular weight is 388 g/mol. The normalized spacial score (nSPS) is 10.9. The molecule has 29 heavy (non-hydrogen) atoms. The summed E-state index contributed by atoms with van der Waals surface area (Å²) in [4.78, 5) is 21.0. The zero-order chi connectivity index (χ0) is 20.2. The highest BCUT2D eigenvalue weighted by Crippen LogP contribution is 2.30. The molecule has 2 aromatic heterocycles. The first kappa shape index (κ1) is 18.6. The topological polar surface area (TPSA) is 114 Å². The molecule has 0 fully saturated rings. The maximum atomic E-state index is 12.1. The van der Waals surface area contributed by atoms with Crippen LogP contribution >= 0.6 is 0 Å². The van der Waals surface area contributed by atoms with Crippen LogP contribution in [0.3, 0.4) is 0 Å². The maximum Gasteiger partial charge on any atom is 0.251 e. The van der Waals surface area contributed by atoms with Crippen LogP contribution in [0, 0.1) is 0 Å². The largest absolute Gasteiger partial charge is 0.454 e. The number of rotatable bonds is 6. The molecular formula is C22H20N4O3. The smallest absolute Gasteiger partial charge is 0.251 e. The molecule has 7 nitrogen and oxygen atoms in total. The highest BCUT2D eigenvalue weighted by Gasteiger charge is 2.14. The summed E-state index contributed by atoms with van der Waals surface area (Å²) in [5.74, 6) is 0.655. The van der Waals surface area contributed by atoms with E-state index in [0.717, 1.165) is 16.5 Å². The van der Waals surface area contributed by atoms with Crippen LogP contribution in [0.1, 0.15) is 16.8 Å². The van der Waals surface area contributed by atoms with Gasteiger partial charge in [0.15, 0.2) is 11.6 Å². The van der Waals surface area contributed by atoms with Crippen LogP contribution in [0.4, 0.5) is 5.82 Å². The van der Waals surface area contributed by atoms with Gasteiger partial charge in [-0.2, -0.15) is 0 Å². The van der Waals surface area contributed by atoms with Gasteiger partial charge in [-0.25, -0.2) is 9.97 Å². The van der Waals surface area contributed by atoms with Gasteiger partial charge in [-0.1, -0.05) is 30.3 Å². The predicted octanol–water partition coefficient (Wildman–Crippen LogP) is 3.25. The fraction of sp³-hybridized carbons (Fsp3) is 0.136. The van der Waals surface area contributed by atoms with Crippen LogP contribution < -0.4 is 11.1 Å². The summed E-state index contributed by atoms with van der Waals surface area (Å²) >= 11 is 0. The second-order valence-electron chi connectivity index (χ2n) is 6.55. The van der Waals surface area contributed by atoms with E-state index >= 15 is 0 Å². The lowest BCUT2D eigenvalue weighted by molar-refractivity contribution is 0.0951. The van der Waals surface area contributed by atoms with Gasteiger partial charge >= 0.3 is 0 Å². The molecule has 4 rings (SSSR count). The Labute approximate surface area is 167 Å². The highest BCUT2D eigenvalue weighted by atomic mass is 16.3. The number of fused-ring (bicyclic) bond motifs is 1. The van der Waals surface area contributed by atoms with Crippen molar-refractivity contribution < 1.29 is 14.3 Å². The number of hydrogen-bond acceptors (Lipinski definition) is 6. The van der Waals surface area contributed by atoms with Crippen molar-refractivity contribution in [3.05, 3.63) is 66.4 Å². The summed E-state index contributed by atoms with van der Waals surface area (Å²) in [6.45, 7) is 0.476. The van der Waals surface area contributed by atoms with E-state index in [1.54, 1.807) is 18.3 Å². The van der Waals surface area contributed by atoms with Gasteiger partial charge < -0.3 is 20.6 Å². The molecule has 0 saturated heterocycles. The van der Waals surface area contributed by atoms with E-state index in [1.165, 1.54) is 0 Å². The number of para-hydroxylation sites is 1. The molecule has 2 heterocycles. The quantitative estimate of drug-likeness (QED) is 0.437. The Bertz CT molecular complexity index is 1120. The van der Waals surface area contributed by atoms with E-state index in [9.17, 15) is 4.79 Å². The third-order valence-electron chi connectivity index (χ3n) is 4.52. The van der Waals surface area contributed by atoms with Gasteiger partial charge in [-0.15, -0.1) is 0 Å². The molecule has 0 spiro atoms. The lowest BCUT2D eigenvalue weighted by Gasteiger charge is -2.07. The number of hydrogen-bond donors (Lipinski definition) is 3. The minimum Gasteiger partial charge on any atom is -0.454 e. The fourth-order valence-electron chi connectivity index (χ4n) is 2.99. The number of nitrogens with zero attached hydrogens (tertiary/aromatic N) is 2. The standard InChI is InChI=1S/C22H20N4O3/c23-21-20(19-12-16-4-1-2-5-18(16)29-19)26-17(13-25-21)14-6-8-15(9-7-14)22(28)24-10-3-11-27/h1-2,4-9,12-13,27H,3,10-11H2,(H2,23,25)(H,24,28). The van der Waals surface area contributed by atoms with E-state index in [4.69, 9.17) is 15.3 Å². The maximum absolute atomic E-state index is 12.1. The summed E-state index contributed by atoms with van der Waals surface area (Å²) < 4.78 is 5.87. The van der Waals surface area contributed by atoms with Gasteiger partial charge in [0.25, 0.3) is 5.91 Å². The second kappa shape index (κ2) is 8.12. The van der Waals surface area contributed by atoms with Crippen molar-refractivity contribution in [2.24, 2.45) is 0 Å². The van der Waals surface area contributed by atoms with Gasteiger partial charge in [0, 0.05) is 29.7 Å². The van der Waals surface area contributed by atoms with Crippen LogP contribution in [-0.4, -0.2) is 34.1 Å². The number of nitrogen functional groups attached to an aromatic ring is 1. The number of nitrogens with two attached hydrogens (primary N) is 1. The van der Waals surface area contributed by atoms with Gasteiger partial charge in [-0.3, -0.25) is 4.79 Å². The third-order valence-corrected chi connectivity index (χ3v) is 4.52. The first-order valence-corrected chi connectivity index (χ1v) is 9.26. The molecule has 0 saturated carbocycles. The van der Waals surface area contributed by atoms with E-state index < -0.39 is 0 Å². The van der Waals surface area contributed by atoms with E-state index in [1.807, 2.05) is 42.5 Å². The van der Waals surface area contributed by atoms with Crippen LogP contribution in [0.2, 0.25) is 0 Å². The Kier molecular flexibility index (Phi) is 5.22. The number of furan rings is 1. The number of amides is 1. The zero-order valence-corrected chi connectivity index (χ0v) is 15.6. The van der Waals surface area contributed by atoms with Crippen molar-refractivity contribution >= 4 is 22.7 Å². The zero-order valence-electron chi connectivity index (χ0n) is 15.6. The molecule has 4 N–H and O–H groups in total. The summed E-state index contributed by atoms with van der Waals surface area (Å²) in [5, 5.41) is 12.5. The Morgan fingerprint density at radius 3 is 2.69 bits per heavy atom. The molecule has 4 aromatic rings. The number of benzene rings is 2. The SMILES string of the molecule is Nc1ncc(-c2ccc(C(=O)NCCCO)cc2)nc1-c1cc2ccccc2o1. The molecule has 0 aliphatic heterocycles. The van der Waals surface area contributed by atoms with Crippen molar-refractivity contribution in [2.45, 2.75) is 6.42 Å². The minimum absolute atomic E-state index is 0.0442. The number of aliphatic hydroxyl groups is 1. The van der Waals surface area contributed by atoms with Crippen LogP contribution in [0.25, 0.3) is 33.7 Å². The van der Waals surface area contributed by atoms with Crippen molar-refractivity contribution in [3.8, 4) is 22.7 Å². The summed E-state index contributed by atoms with van der Waals surface area (Å²) in [5.41, 5.74) is 9.24. The molecule has 0 atom stereocenters. The molecule has 146 valence electrons. The van der Waals surface area contributed by atoms with Crippen molar-refractivity contribution in [1.82, 2.24) is 15.3 Å². The molecule has 0 aliphatic carbocycles. The van der Waals surface area contributed by atoms with Crippen molar-refractivity contribution in [2.75, 3.05) is 18.9 Å². The van der Waals surface area contributed by atoms with Gasteiger partial charge in [0.2, 0.25) is 0 Å². The number of carbonyl (C=O) groups is 1. The van der Waals surface area contributed by atoms with Crippen molar-refractivity contribution in [1.29, 1.82) is 0 Å². The summed E-state index contributed by atoms with van der Waals surface area (Å²) in [6, 6.07) is 16.6. The molecule has 0 radical (unpaired) electrons. The Hall–Kier alpha value is -3.71. The number of anilines is 1. The highest BCUT2D eigenvalue weighted by molar-refractivity contribution is 5.94. The molecule has 7 heteroatoms. The Balaban J connectivity index is 1.61. The lowest BCUT2D eigenvalue weighted by atomic mass is 10.1. The monoisotopic (exact) mass is 388 g/mol. The molecule has 2 aromatic carbocycles. The summed E-state index contributed by atoms with van der Waals surface area (Å²) in [7, 11) is 0. The predicted molar refractivity (Wildman–Crippen MR) is 111 cm³/mol. The molecule has 0 bridgehead atoms. The first-order valence-electron chi connectivity index (χ1n) is 9.26. The van der Waals surface area contributed by atoms with Crippen LogP contribution in [-0.2, 0) is 0 Å². The minimum atomic E-state index is -0.184. The van der Waals surface area contributed by atoms with Crippen LogP contribution in [0.15, 0.2) is 65.2 Å². The fourth-order valence-corrected chi connectivity index (χ4v) is 2.99. The molecule has 1 amide bonds.